The number of carbonyl (C=O) groups is 1. The first-order chi connectivity index (χ1) is 11.2. The number of piperidine rings is 1. The van der Waals surface area contributed by atoms with Crippen LogP contribution in [0.15, 0.2) is 22.8 Å². The van der Waals surface area contributed by atoms with Gasteiger partial charge in [-0.2, -0.15) is 0 Å². The van der Waals surface area contributed by atoms with Crippen molar-refractivity contribution in [2.24, 2.45) is 0 Å². The largest absolute Gasteiger partial charge is 0.468 e. The molecular weight excluding hydrogens is 314 g/mol. The molecule has 0 spiro atoms. The Kier molecular flexibility index (Phi) is 5.24. The van der Waals surface area contributed by atoms with Crippen LogP contribution in [0.5, 0.6) is 0 Å². The van der Waals surface area contributed by atoms with Crippen LogP contribution in [0.25, 0.3) is 0 Å². The van der Waals surface area contributed by atoms with Crippen LogP contribution in [-0.4, -0.2) is 40.8 Å². The van der Waals surface area contributed by atoms with Gasteiger partial charge in [0.05, 0.1) is 12.3 Å². The summed E-state index contributed by atoms with van der Waals surface area (Å²) in [4.78, 5) is 14.4. The number of hydrogen-bond donors (Lipinski definition) is 2. The van der Waals surface area contributed by atoms with E-state index >= 15 is 0 Å². The van der Waals surface area contributed by atoms with Crippen LogP contribution in [0.4, 0.5) is 9.93 Å². The van der Waals surface area contributed by atoms with Gasteiger partial charge in [0.25, 0.3) is 0 Å². The summed E-state index contributed by atoms with van der Waals surface area (Å²) in [6.45, 7) is 4.41. The third kappa shape index (κ3) is 4.29. The molecule has 124 valence electrons. The van der Waals surface area contributed by atoms with E-state index in [1.54, 1.807) is 6.26 Å². The summed E-state index contributed by atoms with van der Waals surface area (Å²) in [5, 5.41) is 14.7. The Bertz CT molecular complexity index is 622. The highest BCUT2D eigenvalue weighted by atomic mass is 32.1. The van der Waals surface area contributed by atoms with Gasteiger partial charge >= 0.3 is 6.03 Å². The van der Waals surface area contributed by atoms with Crippen molar-refractivity contribution in [2.75, 3.05) is 25.0 Å². The summed E-state index contributed by atoms with van der Waals surface area (Å²) in [6, 6.07) is 3.64. The molecule has 3 rings (SSSR count). The fraction of sp³-hybridized carbons (Fsp3) is 0.533. The van der Waals surface area contributed by atoms with Crippen molar-refractivity contribution in [3.63, 3.8) is 0 Å². The van der Waals surface area contributed by atoms with Gasteiger partial charge in [0.15, 0.2) is 0 Å². The lowest BCUT2D eigenvalue weighted by Crippen LogP contribution is -2.41. The van der Waals surface area contributed by atoms with E-state index in [1.807, 2.05) is 19.1 Å². The molecule has 1 saturated heterocycles. The maximum atomic E-state index is 12.0. The van der Waals surface area contributed by atoms with E-state index in [0.29, 0.717) is 11.7 Å². The van der Waals surface area contributed by atoms with Crippen LogP contribution in [0.2, 0.25) is 0 Å². The molecule has 2 aromatic rings. The predicted molar refractivity (Wildman–Crippen MR) is 88.5 cm³/mol. The highest BCUT2D eigenvalue weighted by Crippen LogP contribution is 2.24. The molecule has 23 heavy (non-hydrogen) atoms. The van der Waals surface area contributed by atoms with Gasteiger partial charge in [-0.1, -0.05) is 17.8 Å². The molecule has 3 heterocycles. The Morgan fingerprint density at radius 1 is 1.39 bits per heavy atom. The predicted octanol–water partition coefficient (Wildman–Crippen LogP) is 2.79. The molecule has 0 aromatic carbocycles. The number of urea groups is 1. The maximum Gasteiger partial charge on any atom is 0.321 e. The molecule has 0 radical (unpaired) electrons. The summed E-state index contributed by atoms with van der Waals surface area (Å²) in [5.74, 6) is 0.888. The summed E-state index contributed by atoms with van der Waals surface area (Å²) in [6.07, 6.45) is 5.32. The van der Waals surface area contributed by atoms with Crippen molar-refractivity contribution in [2.45, 2.75) is 32.2 Å². The molecule has 1 atom stereocenters. The van der Waals surface area contributed by atoms with E-state index in [-0.39, 0.29) is 12.1 Å². The summed E-state index contributed by atoms with van der Waals surface area (Å²) < 4.78 is 5.57. The highest BCUT2D eigenvalue weighted by molar-refractivity contribution is 7.15. The van der Waals surface area contributed by atoms with Gasteiger partial charge in [-0.3, -0.25) is 10.2 Å². The average Bonchev–Trinajstić information content (AvgIpc) is 3.21. The van der Waals surface area contributed by atoms with E-state index in [1.165, 1.54) is 30.6 Å². The third-order valence-electron chi connectivity index (χ3n) is 3.91. The van der Waals surface area contributed by atoms with Crippen LogP contribution >= 0.6 is 11.3 Å². The number of carbonyl (C=O) groups excluding carboxylic acids is 1. The van der Waals surface area contributed by atoms with Gasteiger partial charge in [0.1, 0.15) is 10.8 Å². The summed E-state index contributed by atoms with van der Waals surface area (Å²) in [5.41, 5.74) is 0. The first kappa shape index (κ1) is 15.9. The minimum absolute atomic E-state index is 0.0622. The van der Waals surface area contributed by atoms with Gasteiger partial charge in [-0.25, -0.2) is 4.79 Å². The second kappa shape index (κ2) is 7.56. The van der Waals surface area contributed by atoms with Crippen LogP contribution in [-0.2, 0) is 0 Å². The van der Waals surface area contributed by atoms with Crippen LogP contribution < -0.4 is 10.6 Å². The van der Waals surface area contributed by atoms with Crippen molar-refractivity contribution >= 4 is 22.5 Å². The van der Waals surface area contributed by atoms with E-state index in [4.69, 9.17) is 4.42 Å². The number of likely N-dealkylation sites (tertiary alicyclic amines) is 1. The standard InChI is InChI=1S/C15H21N5O2S/c1-11-18-19-15(23-11)17-14(21)16-10-12(13-6-5-9-22-13)20-7-3-2-4-8-20/h5-6,9,12H,2-4,7-8,10H2,1H3,(H2,16,17,19,21)/t12-/m1/s1. The Morgan fingerprint density at radius 3 is 2.87 bits per heavy atom. The molecule has 8 heteroatoms. The zero-order chi connectivity index (χ0) is 16.1. The number of hydrogen-bond acceptors (Lipinski definition) is 6. The molecular formula is C15H21N5O2S. The number of nitrogens with zero attached hydrogens (tertiary/aromatic N) is 3. The topological polar surface area (TPSA) is 83.3 Å². The Balaban J connectivity index is 1.58. The minimum Gasteiger partial charge on any atom is -0.468 e. The molecule has 2 aromatic heterocycles. The van der Waals surface area contributed by atoms with Gasteiger partial charge in [-0.15, -0.1) is 10.2 Å². The van der Waals surface area contributed by atoms with Gasteiger partial charge in [0, 0.05) is 6.54 Å². The molecule has 2 amide bonds. The van der Waals surface area contributed by atoms with E-state index in [2.05, 4.69) is 25.7 Å². The van der Waals surface area contributed by atoms with E-state index in [9.17, 15) is 4.79 Å². The molecule has 2 N–H and O–H groups in total. The lowest BCUT2D eigenvalue weighted by atomic mass is 10.1. The Hall–Kier alpha value is -1.93. The number of aryl methyl sites for hydroxylation is 1. The molecule has 0 aliphatic carbocycles. The van der Waals surface area contributed by atoms with Gasteiger partial charge in [-0.05, 0) is 45.0 Å². The molecule has 0 unspecified atom stereocenters. The van der Waals surface area contributed by atoms with Crippen molar-refractivity contribution in [1.82, 2.24) is 20.4 Å². The molecule has 1 aliphatic rings. The van der Waals surface area contributed by atoms with E-state index < -0.39 is 0 Å². The number of rotatable bonds is 5. The smallest absolute Gasteiger partial charge is 0.321 e. The van der Waals surface area contributed by atoms with Crippen LogP contribution in [0.3, 0.4) is 0 Å². The van der Waals surface area contributed by atoms with Crippen molar-refractivity contribution in [3.05, 3.63) is 29.2 Å². The number of amides is 2. The lowest BCUT2D eigenvalue weighted by molar-refractivity contribution is 0.144. The summed E-state index contributed by atoms with van der Waals surface area (Å²) >= 11 is 1.35. The number of nitrogens with one attached hydrogen (secondary N) is 2. The SMILES string of the molecule is Cc1nnc(NC(=O)NC[C@H](c2ccco2)N2CCCCC2)s1. The zero-order valence-corrected chi connectivity index (χ0v) is 13.9. The number of anilines is 1. The van der Waals surface area contributed by atoms with Gasteiger partial charge < -0.3 is 9.73 Å². The quantitative estimate of drug-likeness (QED) is 0.878. The first-order valence-electron chi connectivity index (χ1n) is 7.85. The maximum absolute atomic E-state index is 12.0. The van der Waals surface area contributed by atoms with Crippen LogP contribution in [0.1, 0.15) is 36.1 Å². The molecule has 0 bridgehead atoms. The van der Waals surface area contributed by atoms with Crippen molar-refractivity contribution in [3.8, 4) is 0 Å². The monoisotopic (exact) mass is 335 g/mol. The fourth-order valence-corrected chi connectivity index (χ4v) is 3.39. The van der Waals surface area contributed by atoms with E-state index in [0.717, 1.165) is 23.9 Å². The third-order valence-corrected chi connectivity index (χ3v) is 4.66. The first-order valence-corrected chi connectivity index (χ1v) is 8.66. The van der Waals surface area contributed by atoms with Gasteiger partial charge in [0.2, 0.25) is 5.13 Å². The fourth-order valence-electron chi connectivity index (χ4n) is 2.80. The lowest BCUT2D eigenvalue weighted by Gasteiger charge is -2.33. The highest BCUT2D eigenvalue weighted by Gasteiger charge is 2.25. The second-order valence-electron chi connectivity index (χ2n) is 5.59. The van der Waals surface area contributed by atoms with Crippen molar-refractivity contribution < 1.29 is 9.21 Å². The zero-order valence-electron chi connectivity index (χ0n) is 13.1. The Labute approximate surface area is 139 Å². The normalized spacial score (nSPS) is 16.9. The molecule has 7 nitrogen and oxygen atoms in total. The number of aromatic nitrogens is 2. The van der Waals surface area contributed by atoms with Crippen molar-refractivity contribution in [1.29, 1.82) is 0 Å². The molecule has 1 aliphatic heterocycles. The number of furan rings is 1. The van der Waals surface area contributed by atoms with Crippen LogP contribution in [0, 0.1) is 6.92 Å². The summed E-state index contributed by atoms with van der Waals surface area (Å²) in [7, 11) is 0. The second-order valence-corrected chi connectivity index (χ2v) is 6.77. The Morgan fingerprint density at radius 2 is 2.22 bits per heavy atom. The molecule has 0 saturated carbocycles. The average molecular weight is 335 g/mol. The molecule has 1 fully saturated rings. The minimum atomic E-state index is -0.269.